The van der Waals surface area contributed by atoms with E-state index in [0.717, 1.165) is 11.4 Å². The lowest BCUT2D eigenvalue weighted by atomic mass is 10.4. The molecule has 1 amide bonds. The lowest BCUT2D eigenvalue weighted by Gasteiger charge is -2.18. The maximum atomic E-state index is 11.8. The molecule has 1 aromatic rings. The molecule has 0 radical (unpaired) electrons. The second-order valence-corrected chi connectivity index (χ2v) is 3.89. The standard InChI is InChI=1S/C11H17N3O3/c1-4-13(7-11(16)17)10(15)6-14-9(3)5-8(2)12-14/h5H,4,6-7H2,1-3H3,(H,16,17). The molecule has 0 aliphatic carbocycles. The maximum absolute atomic E-state index is 11.8. The monoisotopic (exact) mass is 239 g/mol. The van der Waals surface area contributed by atoms with Crippen LogP contribution in [0.4, 0.5) is 0 Å². The summed E-state index contributed by atoms with van der Waals surface area (Å²) in [6.07, 6.45) is 0. The van der Waals surface area contributed by atoms with Crippen LogP contribution in [0.1, 0.15) is 18.3 Å². The van der Waals surface area contributed by atoms with Gasteiger partial charge in [0.25, 0.3) is 0 Å². The average Bonchev–Trinajstić information content (AvgIpc) is 2.53. The quantitative estimate of drug-likeness (QED) is 0.808. The van der Waals surface area contributed by atoms with E-state index in [9.17, 15) is 9.59 Å². The number of aliphatic carboxylic acids is 1. The van der Waals surface area contributed by atoms with Gasteiger partial charge in [0.1, 0.15) is 13.1 Å². The first-order valence-electron chi connectivity index (χ1n) is 5.44. The molecule has 1 N–H and O–H groups in total. The highest BCUT2D eigenvalue weighted by atomic mass is 16.4. The summed E-state index contributed by atoms with van der Waals surface area (Å²) >= 11 is 0. The number of aryl methyl sites for hydroxylation is 2. The van der Waals surface area contributed by atoms with Crippen LogP contribution in [-0.4, -0.2) is 44.8 Å². The Morgan fingerprint density at radius 2 is 2.12 bits per heavy atom. The van der Waals surface area contributed by atoms with Gasteiger partial charge in [0.2, 0.25) is 5.91 Å². The zero-order valence-electron chi connectivity index (χ0n) is 10.3. The van der Waals surface area contributed by atoms with E-state index in [0.29, 0.717) is 6.54 Å². The van der Waals surface area contributed by atoms with Crippen molar-refractivity contribution in [2.24, 2.45) is 0 Å². The van der Waals surface area contributed by atoms with E-state index in [2.05, 4.69) is 5.10 Å². The highest BCUT2D eigenvalue weighted by Crippen LogP contribution is 2.03. The zero-order chi connectivity index (χ0) is 13.0. The van der Waals surface area contributed by atoms with Gasteiger partial charge in [-0.15, -0.1) is 0 Å². The van der Waals surface area contributed by atoms with Crippen LogP contribution in [0.3, 0.4) is 0 Å². The smallest absolute Gasteiger partial charge is 0.323 e. The largest absolute Gasteiger partial charge is 0.480 e. The number of hydrogen-bond acceptors (Lipinski definition) is 3. The third-order valence-corrected chi connectivity index (χ3v) is 2.45. The van der Waals surface area contributed by atoms with Gasteiger partial charge >= 0.3 is 5.97 Å². The number of aromatic nitrogens is 2. The van der Waals surface area contributed by atoms with Gasteiger partial charge in [-0.3, -0.25) is 14.3 Å². The predicted molar refractivity (Wildman–Crippen MR) is 61.6 cm³/mol. The first kappa shape index (κ1) is 13.2. The molecule has 0 aromatic carbocycles. The molecule has 94 valence electrons. The average molecular weight is 239 g/mol. The molecule has 17 heavy (non-hydrogen) atoms. The van der Waals surface area contributed by atoms with Crippen molar-refractivity contribution in [3.8, 4) is 0 Å². The number of hydrogen-bond donors (Lipinski definition) is 1. The lowest BCUT2D eigenvalue weighted by Crippen LogP contribution is -2.38. The van der Waals surface area contributed by atoms with E-state index in [-0.39, 0.29) is 19.0 Å². The molecular formula is C11H17N3O3. The number of amides is 1. The maximum Gasteiger partial charge on any atom is 0.323 e. The molecule has 1 rings (SSSR count). The Hall–Kier alpha value is -1.85. The van der Waals surface area contributed by atoms with Gasteiger partial charge in [0.05, 0.1) is 5.69 Å². The number of carboxylic acid groups (broad SMARTS) is 1. The number of likely N-dealkylation sites (N-methyl/N-ethyl adjacent to an activating group) is 1. The van der Waals surface area contributed by atoms with Crippen LogP contribution in [-0.2, 0) is 16.1 Å². The van der Waals surface area contributed by atoms with E-state index in [1.54, 1.807) is 11.6 Å². The molecule has 0 aliphatic heterocycles. The van der Waals surface area contributed by atoms with Crippen LogP contribution in [0.5, 0.6) is 0 Å². The van der Waals surface area contributed by atoms with Crippen LogP contribution in [0.25, 0.3) is 0 Å². The molecule has 0 unspecified atom stereocenters. The molecule has 6 nitrogen and oxygen atoms in total. The van der Waals surface area contributed by atoms with Gasteiger partial charge in [-0.05, 0) is 26.8 Å². The van der Waals surface area contributed by atoms with Crippen molar-refractivity contribution in [2.75, 3.05) is 13.1 Å². The van der Waals surface area contributed by atoms with E-state index < -0.39 is 5.97 Å². The van der Waals surface area contributed by atoms with Crippen molar-refractivity contribution in [1.29, 1.82) is 0 Å². The van der Waals surface area contributed by atoms with E-state index in [1.165, 1.54) is 4.90 Å². The Labute approximate surface area is 99.8 Å². The predicted octanol–water partition coefficient (Wildman–Crippen LogP) is 0.433. The molecule has 1 aromatic heterocycles. The van der Waals surface area contributed by atoms with Crippen LogP contribution in [0.2, 0.25) is 0 Å². The molecule has 0 bridgehead atoms. The van der Waals surface area contributed by atoms with Gasteiger partial charge in [0, 0.05) is 12.2 Å². The highest BCUT2D eigenvalue weighted by Gasteiger charge is 2.16. The molecule has 0 saturated carbocycles. The lowest BCUT2D eigenvalue weighted by molar-refractivity contribution is -0.144. The normalized spacial score (nSPS) is 10.3. The van der Waals surface area contributed by atoms with Gasteiger partial charge < -0.3 is 10.0 Å². The second kappa shape index (κ2) is 5.47. The summed E-state index contributed by atoms with van der Waals surface area (Å²) in [5.74, 6) is -1.24. The fourth-order valence-corrected chi connectivity index (χ4v) is 1.60. The van der Waals surface area contributed by atoms with Crippen LogP contribution in [0.15, 0.2) is 6.07 Å². The Bertz CT molecular complexity index is 426. The SMILES string of the molecule is CCN(CC(=O)O)C(=O)Cn1nc(C)cc1C. The molecule has 0 spiro atoms. The van der Waals surface area contributed by atoms with Gasteiger partial charge in [-0.1, -0.05) is 0 Å². The van der Waals surface area contributed by atoms with Crippen LogP contribution >= 0.6 is 0 Å². The minimum Gasteiger partial charge on any atom is -0.480 e. The number of carboxylic acids is 1. The molecule has 1 heterocycles. The van der Waals surface area contributed by atoms with Gasteiger partial charge in [0.15, 0.2) is 0 Å². The van der Waals surface area contributed by atoms with Crippen molar-refractivity contribution in [2.45, 2.75) is 27.3 Å². The summed E-state index contributed by atoms with van der Waals surface area (Å²) < 4.78 is 1.59. The van der Waals surface area contributed by atoms with Crippen molar-refractivity contribution in [3.63, 3.8) is 0 Å². The minimum atomic E-state index is -1.01. The number of carbonyl (C=O) groups is 2. The van der Waals surface area contributed by atoms with Crippen molar-refractivity contribution in [1.82, 2.24) is 14.7 Å². The summed E-state index contributed by atoms with van der Waals surface area (Å²) in [6.45, 7) is 5.66. The van der Waals surface area contributed by atoms with E-state index in [1.807, 2.05) is 19.9 Å². The van der Waals surface area contributed by atoms with E-state index in [4.69, 9.17) is 5.11 Å². The number of nitrogens with zero attached hydrogens (tertiary/aromatic N) is 3. The summed E-state index contributed by atoms with van der Waals surface area (Å²) in [6, 6.07) is 1.88. The second-order valence-electron chi connectivity index (χ2n) is 3.89. The third-order valence-electron chi connectivity index (χ3n) is 2.45. The van der Waals surface area contributed by atoms with Gasteiger partial charge in [-0.2, -0.15) is 5.10 Å². The minimum absolute atomic E-state index is 0.0841. The van der Waals surface area contributed by atoms with Gasteiger partial charge in [-0.25, -0.2) is 0 Å². The fraction of sp³-hybridized carbons (Fsp3) is 0.545. The van der Waals surface area contributed by atoms with Crippen molar-refractivity contribution < 1.29 is 14.7 Å². The summed E-state index contributed by atoms with van der Waals surface area (Å²) in [7, 11) is 0. The van der Waals surface area contributed by atoms with Crippen molar-refractivity contribution >= 4 is 11.9 Å². The van der Waals surface area contributed by atoms with E-state index >= 15 is 0 Å². The first-order chi connectivity index (χ1) is 7.93. The van der Waals surface area contributed by atoms with Crippen LogP contribution < -0.4 is 0 Å². The molecule has 0 atom stereocenters. The highest BCUT2D eigenvalue weighted by molar-refractivity contribution is 5.81. The number of carbonyl (C=O) groups excluding carboxylic acids is 1. The molecule has 6 heteroatoms. The fourth-order valence-electron chi connectivity index (χ4n) is 1.60. The van der Waals surface area contributed by atoms with Crippen LogP contribution in [0, 0.1) is 13.8 Å². The molecule has 0 fully saturated rings. The topological polar surface area (TPSA) is 75.4 Å². The Morgan fingerprint density at radius 3 is 2.53 bits per heavy atom. The summed E-state index contributed by atoms with van der Waals surface area (Å²) in [5, 5.41) is 12.8. The third kappa shape index (κ3) is 3.58. The molecule has 0 saturated heterocycles. The summed E-state index contributed by atoms with van der Waals surface area (Å²) in [5.41, 5.74) is 1.74. The number of rotatable bonds is 5. The summed E-state index contributed by atoms with van der Waals surface area (Å²) in [4.78, 5) is 23.7. The Balaban J connectivity index is 2.70. The zero-order valence-corrected chi connectivity index (χ0v) is 10.3. The first-order valence-corrected chi connectivity index (χ1v) is 5.44. The molecule has 0 aliphatic rings. The Morgan fingerprint density at radius 1 is 1.47 bits per heavy atom. The Kier molecular flexibility index (Phi) is 4.25. The molecular weight excluding hydrogens is 222 g/mol. The van der Waals surface area contributed by atoms with Crippen molar-refractivity contribution in [3.05, 3.63) is 17.5 Å².